The summed E-state index contributed by atoms with van der Waals surface area (Å²) in [7, 11) is -3.00. The molecule has 0 aliphatic carbocycles. The molecule has 0 spiro atoms. The molecule has 3 amide bonds. The number of nitrogens with zero attached hydrogens (tertiary/aromatic N) is 2. The van der Waals surface area contributed by atoms with Crippen LogP contribution in [0.4, 0.5) is 14.4 Å². The van der Waals surface area contributed by atoms with Crippen LogP contribution in [0.25, 0.3) is 0 Å². The average molecular weight is 221 g/mol. The molecule has 2 N–H and O–H groups in total. The number of amides is 3. The van der Waals surface area contributed by atoms with Gasteiger partial charge in [0.2, 0.25) is 0 Å². The number of hydrogen-bond donors (Lipinski definition) is 2. The highest BCUT2D eigenvalue weighted by atomic mass is 31.2. The van der Waals surface area contributed by atoms with Gasteiger partial charge in [0.25, 0.3) is 6.03 Å². The van der Waals surface area contributed by atoms with E-state index in [0.717, 1.165) is 7.05 Å². The first kappa shape index (κ1) is 10.7. The van der Waals surface area contributed by atoms with E-state index in [-0.39, 0.29) is 16.2 Å². The average Bonchev–Trinajstić information content (AvgIpc) is 2.18. The van der Waals surface area contributed by atoms with Crippen molar-refractivity contribution in [3.63, 3.8) is 0 Å². The number of hydroxylamine groups is 4. The Bertz CT molecular complexity index is 323. The van der Waals surface area contributed by atoms with E-state index in [1.807, 2.05) is 0 Å². The first-order valence-electron chi connectivity index (χ1n) is 3.30. The second kappa shape index (κ2) is 3.09. The molecule has 1 aliphatic heterocycles. The van der Waals surface area contributed by atoms with Gasteiger partial charge in [0, 0.05) is 7.05 Å². The summed E-state index contributed by atoms with van der Waals surface area (Å²) < 4.78 is 0. The molecule has 1 heterocycles. The van der Waals surface area contributed by atoms with Gasteiger partial charge in [0.15, 0.2) is 0 Å². The monoisotopic (exact) mass is 221 g/mol. The van der Waals surface area contributed by atoms with Crippen molar-refractivity contribution in [1.82, 2.24) is 10.1 Å². The molecule has 0 atom stereocenters. The quantitative estimate of drug-likeness (QED) is 0.305. The predicted octanol–water partition coefficient (Wildman–Crippen LogP) is 0.580. The van der Waals surface area contributed by atoms with E-state index in [0.29, 0.717) is 0 Å². The topological polar surface area (TPSA) is 115 Å². The van der Waals surface area contributed by atoms with E-state index in [1.165, 1.54) is 0 Å². The van der Waals surface area contributed by atoms with Gasteiger partial charge in [-0.1, -0.05) is 5.06 Å². The molecule has 1 rings (SSSR count). The van der Waals surface area contributed by atoms with Gasteiger partial charge in [0.1, 0.15) is 0 Å². The van der Waals surface area contributed by atoms with Crippen LogP contribution in [0, 0.1) is 0 Å². The molecule has 0 bridgehead atoms. The maximum absolute atomic E-state index is 11.2. The highest BCUT2D eigenvalue weighted by Gasteiger charge is 2.79. The molecule has 0 unspecified atom stereocenters. The molecule has 9 heteroatoms. The van der Waals surface area contributed by atoms with Crippen LogP contribution < -0.4 is 0 Å². The highest BCUT2D eigenvalue weighted by molar-refractivity contribution is 8.26. The first-order valence-corrected chi connectivity index (χ1v) is 5.15. The van der Waals surface area contributed by atoms with Crippen molar-refractivity contribution in [3.05, 3.63) is 0 Å². The Labute approximate surface area is 77.9 Å². The standard InChI is InChI=1S/C5H6N2O6P/c1-6(12)3(9)14(2-8)4(10)7(13)5(14)11/h2,12-13H,1H3/q+1. The van der Waals surface area contributed by atoms with Crippen molar-refractivity contribution in [2.24, 2.45) is 0 Å². The van der Waals surface area contributed by atoms with E-state index in [1.54, 1.807) is 0 Å². The van der Waals surface area contributed by atoms with Gasteiger partial charge in [0.05, 0.1) is 0 Å². The molecule has 8 nitrogen and oxygen atoms in total. The van der Waals surface area contributed by atoms with Crippen LogP contribution in [0.1, 0.15) is 0 Å². The summed E-state index contributed by atoms with van der Waals surface area (Å²) in [5.74, 6) is 0. The zero-order chi connectivity index (χ0) is 11.1. The molecule has 0 radical (unpaired) electrons. The predicted molar refractivity (Wildman–Crippen MR) is 43.0 cm³/mol. The highest BCUT2D eigenvalue weighted by Crippen LogP contribution is 2.68. The number of rotatable bonds is 2. The van der Waals surface area contributed by atoms with Crippen LogP contribution in [-0.4, -0.2) is 50.6 Å². The summed E-state index contributed by atoms with van der Waals surface area (Å²) in [5.41, 5.74) is -3.81. The Morgan fingerprint density at radius 3 is 2.21 bits per heavy atom. The van der Waals surface area contributed by atoms with Crippen LogP contribution in [0.2, 0.25) is 0 Å². The SMILES string of the molecule is CN(O)C(=O)[P+]1(C=O)C(=O)N(O)C1=O. The molecule has 1 aliphatic rings. The summed E-state index contributed by atoms with van der Waals surface area (Å²) in [5, 5.41) is 17.0. The number of imide groups is 1. The lowest BCUT2D eigenvalue weighted by Gasteiger charge is -2.27. The molecule has 76 valence electrons. The molecule has 0 aromatic rings. The fraction of sp³-hybridized carbons (Fsp3) is 0.200. The molecule has 0 aromatic heterocycles. The van der Waals surface area contributed by atoms with Crippen molar-refractivity contribution >= 4 is 30.2 Å². The van der Waals surface area contributed by atoms with Crippen molar-refractivity contribution in [2.45, 2.75) is 0 Å². The van der Waals surface area contributed by atoms with Gasteiger partial charge in [-0.2, -0.15) is 5.06 Å². The molecule has 0 saturated carbocycles. The summed E-state index contributed by atoms with van der Waals surface area (Å²) in [6.45, 7) is 0. The number of carbonyl (C=O) groups is 4. The zero-order valence-electron chi connectivity index (χ0n) is 6.95. The second-order valence-corrected chi connectivity index (χ2v) is 5.32. The van der Waals surface area contributed by atoms with Gasteiger partial charge in [-0.15, -0.1) is 0 Å². The van der Waals surface area contributed by atoms with Crippen molar-refractivity contribution in [3.8, 4) is 0 Å². The van der Waals surface area contributed by atoms with Crippen molar-refractivity contribution in [2.75, 3.05) is 7.05 Å². The fourth-order valence-corrected chi connectivity index (χ4v) is 2.80. The number of carbonyl (C=O) groups excluding carboxylic acids is 4. The molecule has 1 saturated heterocycles. The van der Waals surface area contributed by atoms with E-state index in [4.69, 9.17) is 10.4 Å². The third kappa shape index (κ3) is 0.985. The van der Waals surface area contributed by atoms with Crippen LogP contribution >= 0.6 is 7.26 Å². The van der Waals surface area contributed by atoms with Crippen LogP contribution in [0.5, 0.6) is 0 Å². The fourth-order valence-electron chi connectivity index (χ4n) is 0.945. The molecule has 14 heavy (non-hydrogen) atoms. The Morgan fingerprint density at radius 1 is 1.50 bits per heavy atom. The van der Waals surface area contributed by atoms with E-state index in [2.05, 4.69) is 0 Å². The van der Waals surface area contributed by atoms with Gasteiger partial charge >= 0.3 is 24.2 Å². The first-order chi connectivity index (χ1) is 6.39. The molecule has 1 fully saturated rings. The van der Waals surface area contributed by atoms with Crippen molar-refractivity contribution < 1.29 is 29.6 Å². The third-order valence-corrected chi connectivity index (χ3v) is 4.50. The largest absolute Gasteiger partial charge is 0.425 e. The number of hydrogen-bond acceptors (Lipinski definition) is 6. The van der Waals surface area contributed by atoms with Gasteiger partial charge < -0.3 is 0 Å². The van der Waals surface area contributed by atoms with E-state index in [9.17, 15) is 19.2 Å². The minimum Gasteiger partial charge on any atom is -0.283 e. The van der Waals surface area contributed by atoms with Gasteiger partial charge in [-0.05, 0) is 0 Å². The van der Waals surface area contributed by atoms with Gasteiger partial charge in [-0.3, -0.25) is 15.2 Å². The molecule has 0 aromatic carbocycles. The van der Waals surface area contributed by atoms with Crippen LogP contribution in [0.15, 0.2) is 0 Å². The third-order valence-electron chi connectivity index (χ3n) is 1.70. The van der Waals surface area contributed by atoms with Gasteiger partial charge in [-0.25, -0.2) is 14.4 Å². The minimum atomic E-state index is -3.88. The summed E-state index contributed by atoms with van der Waals surface area (Å²) in [4.78, 5) is 43.7. The minimum absolute atomic E-state index is 0.00895. The Kier molecular flexibility index (Phi) is 2.36. The van der Waals surface area contributed by atoms with Crippen LogP contribution in [0.3, 0.4) is 0 Å². The Morgan fingerprint density at radius 2 is 1.93 bits per heavy atom. The maximum Gasteiger partial charge on any atom is 0.425 e. The van der Waals surface area contributed by atoms with E-state index < -0.39 is 24.2 Å². The Balaban J connectivity index is 3.13. The smallest absolute Gasteiger partial charge is 0.283 e. The van der Waals surface area contributed by atoms with Crippen molar-refractivity contribution in [1.29, 1.82) is 0 Å². The Hall–Kier alpha value is -1.37. The normalized spacial score (nSPS) is 18.9. The second-order valence-electron chi connectivity index (χ2n) is 2.51. The lowest BCUT2D eigenvalue weighted by atomic mass is 11.1. The molecular weight excluding hydrogens is 215 g/mol. The summed E-state index contributed by atoms with van der Waals surface area (Å²) in [6.07, 6.45) is 0. The lowest BCUT2D eigenvalue weighted by molar-refractivity contribution is -0.00901. The zero-order valence-corrected chi connectivity index (χ0v) is 7.84. The summed E-state index contributed by atoms with van der Waals surface area (Å²) in [6, 6.07) is -0.0978. The summed E-state index contributed by atoms with van der Waals surface area (Å²) >= 11 is 0. The van der Waals surface area contributed by atoms with Crippen LogP contribution in [-0.2, 0) is 4.79 Å². The maximum atomic E-state index is 11.2. The lowest BCUT2D eigenvalue weighted by Crippen LogP contribution is -2.52. The molecular formula is C5H6N2O6P+. The van der Waals surface area contributed by atoms with E-state index >= 15 is 0 Å².